The van der Waals surface area contributed by atoms with Crippen molar-refractivity contribution in [2.24, 2.45) is 0 Å². The summed E-state index contributed by atoms with van der Waals surface area (Å²) in [6.45, 7) is 1.59. The quantitative estimate of drug-likeness (QED) is 0.301. The summed E-state index contributed by atoms with van der Waals surface area (Å²) in [4.78, 5) is 17.1. The predicted octanol–water partition coefficient (Wildman–Crippen LogP) is 6.08. The second kappa shape index (κ2) is 11.0. The third-order valence-electron chi connectivity index (χ3n) is 5.65. The maximum Gasteiger partial charge on any atom is 0.251 e. The molecular weight excluding hydrogens is 418 g/mol. The zero-order valence-electron chi connectivity index (χ0n) is 18.1. The molecule has 0 saturated heterocycles. The van der Waals surface area contributed by atoms with Crippen molar-refractivity contribution in [3.05, 3.63) is 101 Å². The third-order valence-corrected chi connectivity index (χ3v) is 5.89. The maximum absolute atomic E-state index is 12.2. The third kappa shape index (κ3) is 5.77. The standard InChI is InChI=1S/C27H28ClN3O/c28-23-13-9-12-22(20-23)27(32)29-18-8-2-5-16-26-30-24-14-6-7-15-25(24)31(26)19-17-21-10-3-1-4-11-21/h1,3-4,6-7,9-15,20H,2,5,8,16-19H2,(H,29,32). The van der Waals surface area contributed by atoms with Gasteiger partial charge in [0.05, 0.1) is 11.0 Å². The van der Waals surface area contributed by atoms with E-state index in [1.54, 1.807) is 24.3 Å². The Kier molecular flexibility index (Phi) is 7.57. The summed E-state index contributed by atoms with van der Waals surface area (Å²) in [6, 6.07) is 26.0. The Morgan fingerprint density at radius 1 is 0.875 bits per heavy atom. The van der Waals surface area contributed by atoms with Gasteiger partial charge >= 0.3 is 0 Å². The lowest BCUT2D eigenvalue weighted by Gasteiger charge is -2.10. The minimum Gasteiger partial charge on any atom is -0.352 e. The number of imidazole rings is 1. The summed E-state index contributed by atoms with van der Waals surface area (Å²) in [7, 11) is 0. The van der Waals surface area contributed by atoms with Crippen LogP contribution in [0.4, 0.5) is 0 Å². The molecule has 0 spiro atoms. The lowest BCUT2D eigenvalue weighted by molar-refractivity contribution is 0.0953. The first kappa shape index (κ1) is 22.1. The second-order valence-corrected chi connectivity index (χ2v) is 8.42. The van der Waals surface area contributed by atoms with Crippen LogP contribution in [0.25, 0.3) is 11.0 Å². The van der Waals surface area contributed by atoms with Gasteiger partial charge in [0.25, 0.3) is 5.91 Å². The molecule has 0 atom stereocenters. The lowest BCUT2D eigenvalue weighted by atomic mass is 10.1. The lowest BCUT2D eigenvalue weighted by Crippen LogP contribution is -2.24. The smallest absolute Gasteiger partial charge is 0.251 e. The normalized spacial score (nSPS) is 11.0. The fourth-order valence-electron chi connectivity index (χ4n) is 3.97. The molecule has 5 heteroatoms. The zero-order chi connectivity index (χ0) is 22.2. The van der Waals surface area contributed by atoms with Crippen LogP contribution in [0.2, 0.25) is 5.02 Å². The molecule has 1 heterocycles. The molecular formula is C27H28ClN3O. The van der Waals surface area contributed by atoms with Gasteiger partial charge < -0.3 is 9.88 Å². The molecule has 4 aromatic rings. The Labute approximate surface area is 194 Å². The highest BCUT2D eigenvalue weighted by molar-refractivity contribution is 6.30. The number of nitrogens with zero attached hydrogens (tertiary/aromatic N) is 2. The number of nitrogens with one attached hydrogen (secondary N) is 1. The summed E-state index contributed by atoms with van der Waals surface area (Å²) >= 11 is 5.96. The molecule has 0 bridgehead atoms. The average molecular weight is 446 g/mol. The minimum atomic E-state index is -0.0739. The Balaban J connectivity index is 1.28. The molecule has 32 heavy (non-hydrogen) atoms. The number of unbranched alkanes of at least 4 members (excludes halogenated alkanes) is 2. The number of benzene rings is 3. The second-order valence-electron chi connectivity index (χ2n) is 7.98. The van der Waals surface area contributed by atoms with Gasteiger partial charge in [0, 0.05) is 30.1 Å². The predicted molar refractivity (Wildman–Crippen MR) is 131 cm³/mol. The summed E-state index contributed by atoms with van der Waals surface area (Å²) in [5.41, 5.74) is 4.20. The van der Waals surface area contributed by atoms with Gasteiger partial charge in [-0.2, -0.15) is 0 Å². The van der Waals surface area contributed by atoms with Crippen LogP contribution < -0.4 is 5.32 Å². The zero-order valence-corrected chi connectivity index (χ0v) is 18.9. The van der Waals surface area contributed by atoms with Gasteiger partial charge in [0.2, 0.25) is 0 Å². The Hall–Kier alpha value is -3.11. The number of rotatable bonds is 10. The molecule has 0 unspecified atom stereocenters. The molecule has 1 N–H and O–H groups in total. The Morgan fingerprint density at radius 2 is 1.69 bits per heavy atom. The topological polar surface area (TPSA) is 46.9 Å². The number of hydrogen-bond acceptors (Lipinski definition) is 2. The van der Waals surface area contributed by atoms with Crippen LogP contribution in [0.3, 0.4) is 0 Å². The van der Waals surface area contributed by atoms with Crippen molar-refractivity contribution in [2.45, 2.75) is 38.6 Å². The number of para-hydroxylation sites is 2. The molecule has 164 valence electrons. The van der Waals surface area contributed by atoms with Crippen LogP contribution in [0.1, 0.15) is 41.0 Å². The Bertz CT molecular complexity index is 1170. The summed E-state index contributed by atoms with van der Waals surface area (Å²) in [6.07, 6.45) is 4.95. The molecule has 1 amide bonds. The van der Waals surface area contributed by atoms with Gasteiger partial charge in [-0.1, -0.05) is 66.6 Å². The fourth-order valence-corrected chi connectivity index (χ4v) is 4.16. The van der Waals surface area contributed by atoms with E-state index in [4.69, 9.17) is 16.6 Å². The molecule has 3 aromatic carbocycles. The van der Waals surface area contributed by atoms with Crippen molar-refractivity contribution in [3.8, 4) is 0 Å². The van der Waals surface area contributed by atoms with Crippen molar-refractivity contribution >= 4 is 28.5 Å². The molecule has 0 aliphatic rings. The number of amides is 1. The molecule has 1 aromatic heterocycles. The van der Waals surface area contributed by atoms with Crippen molar-refractivity contribution in [2.75, 3.05) is 6.54 Å². The number of carbonyl (C=O) groups excluding carboxylic acids is 1. The van der Waals surface area contributed by atoms with Gasteiger partial charge in [-0.3, -0.25) is 4.79 Å². The summed E-state index contributed by atoms with van der Waals surface area (Å²) in [5.74, 6) is 1.07. The first-order chi connectivity index (χ1) is 15.7. The van der Waals surface area contributed by atoms with Crippen LogP contribution in [-0.2, 0) is 19.4 Å². The van der Waals surface area contributed by atoms with Crippen molar-refractivity contribution in [3.63, 3.8) is 0 Å². The fraction of sp³-hybridized carbons (Fsp3) is 0.259. The first-order valence-corrected chi connectivity index (χ1v) is 11.6. The van der Waals surface area contributed by atoms with E-state index in [2.05, 4.69) is 58.4 Å². The summed E-state index contributed by atoms with van der Waals surface area (Å²) < 4.78 is 2.36. The van der Waals surface area contributed by atoms with Crippen LogP contribution in [0.15, 0.2) is 78.9 Å². The number of aromatic nitrogens is 2. The Morgan fingerprint density at radius 3 is 2.53 bits per heavy atom. The maximum atomic E-state index is 12.2. The van der Waals surface area contributed by atoms with Gasteiger partial charge in [-0.15, -0.1) is 0 Å². The molecule has 4 nitrogen and oxygen atoms in total. The number of carbonyl (C=O) groups is 1. The molecule has 0 aliphatic heterocycles. The minimum absolute atomic E-state index is 0.0739. The van der Waals surface area contributed by atoms with Crippen molar-refractivity contribution in [1.82, 2.24) is 14.9 Å². The first-order valence-electron chi connectivity index (χ1n) is 11.2. The van der Waals surface area contributed by atoms with E-state index in [-0.39, 0.29) is 5.91 Å². The highest BCUT2D eigenvalue weighted by atomic mass is 35.5. The number of hydrogen-bond donors (Lipinski definition) is 1. The molecule has 0 aliphatic carbocycles. The highest BCUT2D eigenvalue weighted by Gasteiger charge is 2.10. The highest BCUT2D eigenvalue weighted by Crippen LogP contribution is 2.19. The molecule has 0 saturated carbocycles. The number of halogens is 1. The van der Waals surface area contributed by atoms with Gasteiger partial charge in [0.1, 0.15) is 5.82 Å². The summed E-state index contributed by atoms with van der Waals surface area (Å²) in [5, 5.41) is 3.55. The van der Waals surface area contributed by atoms with Gasteiger partial charge in [-0.05, 0) is 55.2 Å². The van der Waals surface area contributed by atoms with Crippen molar-refractivity contribution in [1.29, 1.82) is 0 Å². The monoisotopic (exact) mass is 445 g/mol. The van der Waals surface area contributed by atoms with Crippen LogP contribution in [0.5, 0.6) is 0 Å². The van der Waals surface area contributed by atoms with Crippen molar-refractivity contribution < 1.29 is 4.79 Å². The van der Waals surface area contributed by atoms with E-state index in [0.29, 0.717) is 17.1 Å². The largest absolute Gasteiger partial charge is 0.352 e. The SMILES string of the molecule is O=C(NCCCCCc1nc2ccccc2n1CCc1ccccc1)c1cccc(Cl)c1. The van der Waals surface area contributed by atoms with Gasteiger partial charge in [0.15, 0.2) is 0 Å². The van der Waals surface area contributed by atoms with E-state index in [1.807, 2.05) is 6.07 Å². The molecule has 0 fully saturated rings. The number of aryl methyl sites for hydroxylation is 3. The number of fused-ring (bicyclic) bond motifs is 1. The van der Waals surface area contributed by atoms with E-state index in [9.17, 15) is 4.79 Å². The molecule has 0 radical (unpaired) electrons. The van der Waals surface area contributed by atoms with Crippen LogP contribution >= 0.6 is 11.6 Å². The van der Waals surface area contributed by atoms with E-state index >= 15 is 0 Å². The van der Waals surface area contributed by atoms with E-state index < -0.39 is 0 Å². The van der Waals surface area contributed by atoms with E-state index in [1.165, 1.54) is 11.1 Å². The average Bonchev–Trinajstić information content (AvgIpc) is 3.17. The van der Waals surface area contributed by atoms with Crippen LogP contribution in [-0.4, -0.2) is 22.0 Å². The van der Waals surface area contributed by atoms with Gasteiger partial charge in [-0.25, -0.2) is 4.98 Å². The molecule has 4 rings (SSSR count). The van der Waals surface area contributed by atoms with E-state index in [0.717, 1.165) is 50.0 Å². The van der Waals surface area contributed by atoms with Crippen LogP contribution in [0, 0.1) is 0 Å².